The predicted molar refractivity (Wildman–Crippen MR) is 185 cm³/mol. The normalized spacial score (nSPS) is 10.9. The molecule has 0 aliphatic carbocycles. The molecule has 0 unspecified atom stereocenters. The first-order valence-electron chi connectivity index (χ1n) is 15.3. The van der Waals surface area contributed by atoms with Gasteiger partial charge in [-0.2, -0.15) is 0 Å². The number of aryl methyl sites for hydroxylation is 6. The van der Waals surface area contributed by atoms with E-state index < -0.39 is 0 Å². The fourth-order valence-electron chi connectivity index (χ4n) is 5.48. The molecule has 224 valence electrons. The molecule has 0 bridgehead atoms. The maximum absolute atomic E-state index is 6.72. The van der Waals surface area contributed by atoms with Gasteiger partial charge in [0.05, 0.1) is 5.56 Å². The zero-order valence-electron chi connectivity index (χ0n) is 26.8. The summed E-state index contributed by atoms with van der Waals surface area (Å²) < 4.78 is 19.7. The third-order valence-corrected chi connectivity index (χ3v) is 7.87. The first kappa shape index (κ1) is 29.8. The highest BCUT2D eigenvalue weighted by Gasteiger charge is 2.18. The zero-order valence-corrected chi connectivity index (χ0v) is 26.8. The molecular formula is C42H38O3. The van der Waals surface area contributed by atoms with Gasteiger partial charge in [-0.25, -0.2) is 0 Å². The molecule has 0 heterocycles. The topological polar surface area (TPSA) is 27.7 Å². The molecule has 0 saturated heterocycles. The van der Waals surface area contributed by atoms with Gasteiger partial charge in [0.2, 0.25) is 0 Å². The largest absolute Gasteiger partial charge is 0.457 e. The minimum Gasteiger partial charge on any atom is -0.457 e. The number of hydrogen-bond acceptors (Lipinski definition) is 3. The highest BCUT2D eigenvalue weighted by atomic mass is 16.5. The number of hydrogen-bond donors (Lipinski definition) is 0. The zero-order chi connectivity index (χ0) is 31.5. The van der Waals surface area contributed by atoms with Gasteiger partial charge in [-0.05, 0) is 124 Å². The molecule has 0 spiro atoms. The van der Waals surface area contributed by atoms with E-state index in [1.807, 2.05) is 42.5 Å². The van der Waals surface area contributed by atoms with E-state index in [4.69, 9.17) is 14.2 Å². The standard InChI is InChI=1S/C42H38O3/c1-27-11-17-34(18-12-27)43-40-8-7-9-41(44-35-19-13-28(2)14-20-35)42(40)33-22-31(5)23-36(26-33)45-39-21-15-30(4)25-38(39)37-24-29(3)10-16-32(37)6/h7-26H,1-6H3. The summed E-state index contributed by atoms with van der Waals surface area (Å²) in [6, 6.07) is 41.3. The van der Waals surface area contributed by atoms with E-state index in [1.54, 1.807) is 0 Å². The number of ether oxygens (including phenoxy) is 3. The van der Waals surface area contributed by atoms with Crippen LogP contribution in [0.25, 0.3) is 22.3 Å². The SMILES string of the molecule is Cc1ccc(Oc2cccc(Oc3ccc(C)cc3)c2-c2cc(C)cc(Oc3ccc(C)cc3-c3cc(C)ccc3C)c2)cc1. The Hall–Kier alpha value is -5.28. The summed E-state index contributed by atoms with van der Waals surface area (Å²) in [7, 11) is 0. The van der Waals surface area contributed by atoms with E-state index in [0.29, 0.717) is 11.5 Å². The monoisotopic (exact) mass is 590 g/mol. The number of rotatable bonds is 8. The molecule has 0 fully saturated rings. The summed E-state index contributed by atoms with van der Waals surface area (Å²) in [5.41, 5.74) is 11.1. The van der Waals surface area contributed by atoms with E-state index >= 15 is 0 Å². The highest BCUT2D eigenvalue weighted by molar-refractivity contribution is 5.80. The summed E-state index contributed by atoms with van der Waals surface area (Å²) in [5.74, 6) is 4.48. The van der Waals surface area contributed by atoms with Crippen LogP contribution >= 0.6 is 0 Å². The lowest BCUT2D eigenvalue weighted by atomic mass is 9.96. The lowest BCUT2D eigenvalue weighted by Crippen LogP contribution is -1.96. The van der Waals surface area contributed by atoms with Gasteiger partial charge in [0, 0.05) is 5.56 Å². The Bertz CT molecular complexity index is 1900. The molecule has 0 aliphatic rings. The Labute approximate surface area is 266 Å². The van der Waals surface area contributed by atoms with Crippen molar-refractivity contribution >= 4 is 0 Å². The van der Waals surface area contributed by atoms with Crippen molar-refractivity contribution in [2.45, 2.75) is 41.5 Å². The molecule has 3 heteroatoms. The van der Waals surface area contributed by atoms with Crippen molar-refractivity contribution < 1.29 is 14.2 Å². The van der Waals surface area contributed by atoms with Crippen molar-refractivity contribution in [3.05, 3.63) is 155 Å². The molecule has 6 aromatic carbocycles. The van der Waals surface area contributed by atoms with E-state index in [-0.39, 0.29) is 0 Å². The van der Waals surface area contributed by atoms with Crippen molar-refractivity contribution in [3.63, 3.8) is 0 Å². The van der Waals surface area contributed by atoms with Crippen LogP contribution in [0.15, 0.2) is 121 Å². The summed E-state index contributed by atoms with van der Waals surface area (Å²) in [4.78, 5) is 0. The first-order chi connectivity index (χ1) is 21.7. The average Bonchev–Trinajstić information content (AvgIpc) is 3.01. The molecule has 0 amide bonds. The summed E-state index contributed by atoms with van der Waals surface area (Å²) in [6.07, 6.45) is 0. The lowest BCUT2D eigenvalue weighted by Gasteiger charge is -2.19. The molecule has 0 aromatic heterocycles. The van der Waals surface area contributed by atoms with Crippen molar-refractivity contribution in [2.24, 2.45) is 0 Å². The fraction of sp³-hybridized carbons (Fsp3) is 0.143. The van der Waals surface area contributed by atoms with Crippen molar-refractivity contribution in [2.75, 3.05) is 0 Å². The van der Waals surface area contributed by atoms with E-state index in [1.165, 1.54) is 33.4 Å². The van der Waals surface area contributed by atoms with Crippen LogP contribution in [0, 0.1) is 41.5 Å². The number of benzene rings is 6. The minimum absolute atomic E-state index is 0.700. The van der Waals surface area contributed by atoms with Gasteiger partial charge in [0.25, 0.3) is 0 Å². The summed E-state index contributed by atoms with van der Waals surface area (Å²) in [5, 5.41) is 0. The quantitative estimate of drug-likeness (QED) is 0.176. The molecule has 6 aromatic rings. The Morgan fingerprint density at radius 1 is 0.356 bits per heavy atom. The molecule has 0 N–H and O–H groups in total. The lowest BCUT2D eigenvalue weighted by molar-refractivity contribution is 0.463. The van der Waals surface area contributed by atoms with Crippen LogP contribution in [0.5, 0.6) is 34.5 Å². The van der Waals surface area contributed by atoms with Crippen LogP contribution in [0.1, 0.15) is 33.4 Å². The average molecular weight is 591 g/mol. The molecule has 0 atom stereocenters. The van der Waals surface area contributed by atoms with E-state index in [0.717, 1.165) is 45.3 Å². The van der Waals surface area contributed by atoms with Gasteiger partial charge in [0.15, 0.2) is 0 Å². The molecule has 0 saturated carbocycles. The molecule has 6 rings (SSSR count). The van der Waals surface area contributed by atoms with Gasteiger partial charge in [-0.1, -0.05) is 82.9 Å². The van der Waals surface area contributed by atoms with Crippen LogP contribution in [-0.2, 0) is 0 Å². The van der Waals surface area contributed by atoms with Crippen LogP contribution in [0.4, 0.5) is 0 Å². The van der Waals surface area contributed by atoms with Gasteiger partial charge >= 0.3 is 0 Å². The van der Waals surface area contributed by atoms with E-state index in [9.17, 15) is 0 Å². The molecule has 0 aliphatic heterocycles. The van der Waals surface area contributed by atoms with Gasteiger partial charge < -0.3 is 14.2 Å². The van der Waals surface area contributed by atoms with Crippen molar-refractivity contribution in [1.82, 2.24) is 0 Å². The van der Waals surface area contributed by atoms with E-state index in [2.05, 4.69) is 120 Å². The highest BCUT2D eigenvalue weighted by Crippen LogP contribution is 2.45. The van der Waals surface area contributed by atoms with Crippen LogP contribution in [0.2, 0.25) is 0 Å². The first-order valence-corrected chi connectivity index (χ1v) is 15.3. The second-order valence-electron chi connectivity index (χ2n) is 11.9. The van der Waals surface area contributed by atoms with Crippen molar-refractivity contribution in [1.29, 1.82) is 0 Å². The molecular weight excluding hydrogens is 552 g/mol. The predicted octanol–water partition coefficient (Wildman–Crippen LogP) is 12.2. The summed E-state index contributed by atoms with van der Waals surface area (Å²) in [6.45, 7) is 12.6. The van der Waals surface area contributed by atoms with Gasteiger partial charge in [-0.3, -0.25) is 0 Å². The Morgan fingerprint density at radius 3 is 1.47 bits per heavy atom. The van der Waals surface area contributed by atoms with Crippen molar-refractivity contribution in [3.8, 4) is 56.8 Å². The van der Waals surface area contributed by atoms with Crippen LogP contribution in [0.3, 0.4) is 0 Å². The molecule has 3 nitrogen and oxygen atoms in total. The maximum atomic E-state index is 6.72. The van der Waals surface area contributed by atoms with Crippen LogP contribution in [-0.4, -0.2) is 0 Å². The van der Waals surface area contributed by atoms with Gasteiger partial charge in [0.1, 0.15) is 34.5 Å². The summed E-state index contributed by atoms with van der Waals surface area (Å²) >= 11 is 0. The third-order valence-electron chi connectivity index (χ3n) is 7.87. The second kappa shape index (κ2) is 12.8. The Morgan fingerprint density at radius 2 is 0.867 bits per heavy atom. The minimum atomic E-state index is 0.700. The fourth-order valence-corrected chi connectivity index (χ4v) is 5.48. The molecule has 0 radical (unpaired) electrons. The second-order valence-corrected chi connectivity index (χ2v) is 11.9. The smallest absolute Gasteiger partial charge is 0.139 e. The Balaban J connectivity index is 1.45. The van der Waals surface area contributed by atoms with Gasteiger partial charge in [-0.15, -0.1) is 0 Å². The third kappa shape index (κ3) is 6.94. The Kier molecular flexibility index (Phi) is 8.44. The molecule has 45 heavy (non-hydrogen) atoms. The van der Waals surface area contributed by atoms with Crippen LogP contribution < -0.4 is 14.2 Å². The maximum Gasteiger partial charge on any atom is 0.139 e.